The lowest BCUT2D eigenvalue weighted by molar-refractivity contribution is 0.256. The van der Waals surface area contributed by atoms with Crippen molar-refractivity contribution in [1.82, 2.24) is 24.5 Å². The monoisotopic (exact) mass is 338 g/mol. The van der Waals surface area contributed by atoms with Gasteiger partial charge in [0.05, 0.1) is 11.4 Å². The van der Waals surface area contributed by atoms with Crippen molar-refractivity contribution >= 4 is 22.0 Å². The quantitative estimate of drug-likeness (QED) is 0.860. The molecule has 0 saturated heterocycles. The normalized spacial score (nSPS) is 11.3. The van der Waals surface area contributed by atoms with Gasteiger partial charge in [-0.3, -0.25) is 10.00 Å². The summed E-state index contributed by atoms with van der Waals surface area (Å²) >= 11 is 0. The van der Waals surface area contributed by atoms with E-state index in [9.17, 15) is 13.2 Å². The zero-order valence-corrected chi connectivity index (χ0v) is 14.3. The smallest absolute Gasteiger partial charge is 0.275 e. The van der Waals surface area contributed by atoms with Crippen molar-refractivity contribution in [2.24, 2.45) is 7.05 Å². The summed E-state index contributed by atoms with van der Waals surface area (Å²) in [5.41, 5.74) is 2.07. The molecule has 2 amide bonds. The van der Waals surface area contributed by atoms with Crippen LogP contribution in [0.5, 0.6) is 0 Å². The van der Waals surface area contributed by atoms with Gasteiger partial charge in [-0.25, -0.2) is 27.9 Å². The molecule has 2 N–H and O–H groups in total. The highest BCUT2D eigenvalue weighted by Gasteiger charge is 2.26. The SMILES string of the molecule is Cc1cc(C)nc(NC(=O)NS(=O)(=O)c2c(C)nn(C)c2C)n1. The third kappa shape index (κ3) is 3.65. The molecule has 0 aliphatic rings. The van der Waals surface area contributed by atoms with Crippen LogP contribution in [0.15, 0.2) is 11.0 Å². The second-order valence-electron chi connectivity index (χ2n) is 5.16. The summed E-state index contributed by atoms with van der Waals surface area (Å²) in [6, 6.07) is 0.806. The van der Waals surface area contributed by atoms with Gasteiger partial charge in [-0.1, -0.05) is 0 Å². The Hall–Kier alpha value is -2.49. The summed E-state index contributed by atoms with van der Waals surface area (Å²) in [7, 11) is -2.41. The number of nitrogens with zero attached hydrogens (tertiary/aromatic N) is 4. The van der Waals surface area contributed by atoms with Crippen molar-refractivity contribution in [2.75, 3.05) is 5.32 Å². The van der Waals surface area contributed by atoms with E-state index in [0.717, 1.165) is 0 Å². The maximum absolute atomic E-state index is 12.4. The van der Waals surface area contributed by atoms with E-state index >= 15 is 0 Å². The van der Waals surface area contributed by atoms with E-state index in [4.69, 9.17) is 0 Å². The number of nitrogens with one attached hydrogen (secondary N) is 2. The lowest BCUT2D eigenvalue weighted by Crippen LogP contribution is -2.35. The van der Waals surface area contributed by atoms with E-state index < -0.39 is 16.1 Å². The first-order valence-corrected chi connectivity index (χ1v) is 8.25. The van der Waals surface area contributed by atoms with Gasteiger partial charge in [0, 0.05) is 18.4 Å². The number of aromatic nitrogens is 4. The molecule has 2 heterocycles. The van der Waals surface area contributed by atoms with Crippen LogP contribution in [0.1, 0.15) is 22.8 Å². The molecule has 2 aromatic rings. The zero-order valence-electron chi connectivity index (χ0n) is 13.5. The van der Waals surface area contributed by atoms with E-state index in [2.05, 4.69) is 20.4 Å². The van der Waals surface area contributed by atoms with Crippen molar-refractivity contribution in [3.63, 3.8) is 0 Å². The number of carbonyl (C=O) groups is 1. The summed E-state index contributed by atoms with van der Waals surface area (Å²) in [5, 5.41) is 6.35. The molecule has 0 spiro atoms. The highest BCUT2D eigenvalue weighted by Crippen LogP contribution is 2.18. The molecule has 0 bridgehead atoms. The Labute approximate surface area is 134 Å². The predicted molar refractivity (Wildman–Crippen MR) is 83.5 cm³/mol. The summed E-state index contributed by atoms with van der Waals surface area (Å²) in [4.78, 5) is 20.0. The number of hydrogen-bond acceptors (Lipinski definition) is 6. The number of anilines is 1. The average molecular weight is 338 g/mol. The van der Waals surface area contributed by atoms with Crippen molar-refractivity contribution in [1.29, 1.82) is 0 Å². The van der Waals surface area contributed by atoms with Gasteiger partial charge in [0.15, 0.2) is 0 Å². The topological polar surface area (TPSA) is 119 Å². The van der Waals surface area contributed by atoms with Crippen LogP contribution >= 0.6 is 0 Å². The van der Waals surface area contributed by atoms with Crippen LogP contribution < -0.4 is 10.0 Å². The molecule has 124 valence electrons. The van der Waals surface area contributed by atoms with Crippen LogP contribution in [-0.4, -0.2) is 34.2 Å². The number of hydrogen-bond donors (Lipinski definition) is 2. The van der Waals surface area contributed by atoms with Crippen LogP contribution in [0.25, 0.3) is 0 Å². The molecule has 2 aromatic heterocycles. The maximum Gasteiger partial charge on any atom is 0.335 e. The predicted octanol–water partition coefficient (Wildman–Crippen LogP) is 0.954. The fourth-order valence-electron chi connectivity index (χ4n) is 2.23. The molecule has 23 heavy (non-hydrogen) atoms. The number of urea groups is 1. The third-order valence-electron chi connectivity index (χ3n) is 3.15. The molecule has 0 atom stereocenters. The molecule has 9 nitrogen and oxygen atoms in total. The molecule has 0 saturated carbocycles. The van der Waals surface area contributed by atoms with Crippen molar-refractivity contribution in [3.05, 3.63) is 28.8 Å². The number of sulfonamides is 1. The summed E-state index contributed by atoms with van der Waals surface area (Å²) in [6.45, 7) is 6.67. The van der Waals surface area contributed by atoms with E-state index in [1.165, 1.54) is 4.68 Å². The van der Waals surface area contributed by atoms with Gasteiger partial charge in [0.25, 0.3) is 10.0 Å². The van der Waals surface area contributed by atoms with Crippen LogP contribution in [0.2, 0.25) is 0 Å². The van der Waals surface area contributed by atoms with Gasteiger partial charge in [0.2, 0.25) is 5.95 Å². The Morgan fingerprint density at radius 2 is 1.70 bits per heavy atom. The number of aryl methyl sites for hydroxylation is 4. The lowest BCUT2D eigenvalue weighted by atomic mass is 10.4. The highest BCUT2D eigenvalue weighted by atomic mass is 32.2. The minimum Gasteiger partial charge on any atom is -0.275 e. The molecule has 2 rings (SSSR count). The first-order chi connectivity index (χ1) is 10.6. The second-order valence-corrected chi connectivity index (χ2v) is 6.78. The first kappa shape index (κ1) is 16.9. The Balaban J connectivity index is 2.22. The third-order valence-corrected chi connectivity index (χ3v) is 4.73. The summed E-state index contributed by atoms with van der Waals surface area (Å²) in [5.74, 6) is 0.0369. The minimum atomic E-state index is -4.04. The molecular weight excluding hydrogens is 320 g/mol. The minimum absolute atomic E-state index is 0.0171. The Kier molecular flexibility index (Phi) is 4.37. The number of rotatable bonds is 3. The Bertz CT molecular complexity index is 852. The fourth-order valence-corrected chi connectivity index (χ4v) is 3.57. The number of carbonyl (C=O) groups excluding carboxylic acids is 1. The second kappa shape index (κ2) is 5.95. The average Bonchev–Trinajstić information content (AvgIpc) is 2.60. The van der Waals surface area contributed by atoms with Gasteiger partial charge in [0.1, 0.15) is 4.90 Å². The standard InChI is InChI=1S/C13H18N6O3S/c1-7-6-8(2)15-12(14-7)16-13(20)18-23(21,22)11-9(3)17-19(5)10(11)4/h6H,1-5H3,(H2,14,15,16,18,20). The number of amides is 2. The fraction of sp³-hybridized carbons (Fsp3) is 0.385. The van der Waals surface area contributed by atoms with E-state index in [1.54, 1.807) is 40.8 Å². The molecule has 0 aliphatic carbocycles. The molecule has 0 unspecified atom stereocenters. The molecule has 0 fully saturated rings. The van der Waals surface area contributed by atoms with Gasteiger partial charge >= 0.3 is 6.03 Å². The van der Waals surface area contributed by atoms with E-state index in [0.29, 0.717) is 22.8 Å². The molecule has 0 radical (unpaired) electrons. The van der Waals surface area contributed by atoms with E-state index in [1.807, 2.05) is 4.72 Å². The van der Waals surface area contributed by atoms with Crippen molar-refractivity contribution < 1.29 is 13.2 Å². The van der Waals surface area contributed by atoms with Crippen molar-refractivity contribution in [2.45, 2.75) is 32.6 Å². The molecular formula is C13H18N6O3S. The van der Waals surface area contributed by atoms with Gasteiger partial charge in [-0.05, 0) is 33.8 Å². The summed E-state index contributed by atoms with van der Waals surface area (Å²) in [6.07, 6.45) is 0. The Morgan fingerprint density at radius 3 is 2.17 bits per heavy atom. The van der Waals surface area contributed by atoms with E-state index in [-0.39, 0.29) is 10.8 Å². The first-order valence-electron chi connectivity index (χ1n) is 6.76. The maximum atomic E-state index is 12.4. The summed E-state index contributed by atoms with van der Waals surface area (Å²) < 4.78 is 28.1. The van der Waals surface area contributed by atoms with Crippen LogP contribution in [0.4, 0.5) is 10.7 Å². The molecule has 10 heteroatoms. The zero-order chi connectivity index (χ0) is 17.4. The van der Waals surface area contributed by atoms with Crippen LogP contribution in [-0.2, 0) is 17.1 Å². The lowest BCUT2D eigenvalue weighted by Gasteiger charge is -2.09. The van der Waals surface area contributed by atoms with Crippen LogP contribution in [0, 0.1) is 27.7 Å². The Morgan fingerprint density at radius 1 is 1.13 bits per heavy atom. The highest BCUT2D eigenvalue weighted by molar-refractivity contribution is 7.90. The molecule has 0 aliphatic heterocycles. The van der Waals surface area contributed by atoms with Crippen LogP contribution in [0.3, 0.4) is 0 Å². The largest absolute Gasteiger partial charge is 0.335 e. The van der Waals surface area contributed by atoms with Crippen molar-refractivity contribution in [3.8, 4) is 0 Å². The molecule has 0 aromatic carbocycles. The van der Waals surface area contributed by atoms with Gasteiger partial charge in [-0.15, -0.1) is 0 Å². The van der Waals surface area contributed by atoms with Gasteiger partial charge < -0.3 is 0 Å². The van der Waals surface area contributed by atoms with Gasteiger partial charge in [-0.2, -0.15) is 5.10 Å².